The average Bonchev–Trinajstić information content (AvgIpc) is 3.43. The average molecular weight is 763 g/mol. The molecule has 0 unspecified atom stereocenters. The minimum absolute atomic E-state index is 0.00378. The Balaban J connectivity index is 1.40. The molecule has 0 saturated carbocycles. The minimum Gasteiger partial charge on any atom is -0.506 e. The molecule has 1 aliphatic carbocycles. The predicted octanol–water partition coefficient (Wildman–Crippen LogP) is 5.75. The number of phenols is 1. The molecule has 0 bridgehead atoms. The van der Waals surface area contributed by atoms with Gasteiger partial charge in [-0.15, -0.1) is 11.3 Å². The summed E-state index contributed by atoms with van der Waals surface area (Å²) in [6.45, 7) is 0. The van der Waals surface area contributed by atoms with E-state index >= 15 is 0 Å². The number of aryl methyl sites for hydroxylation is 2. The lowest BCUT2D eigenvalue weighted by Crippen LogP contribution is -2.24. The first-order valence-corrected chi connectivity index (χ1v) is 15.1. The molecule has 0 radical (unpaired) electrons. The Morgan fingerprint density at radius 3 is 2.83 bits per heavy atom. The Bertz CT molecular complexity index is 1590. The van der Waals surface area contributed by atoms with Crippen LogP contribution in [0.2, 0.25) is 5.02 Å². The Hall–Kier alpha value is -1.68. The topological polar surface area (TPSA) is 96.6 Å². The van der Waals surface area contributed by atoms with Crippen LogP contribution in [0.4, 0.5) is 0 Å². The van der Waals surface area contributed by atoms with Gasteiger partial charge < -0.3 is 5.11 Å². The third kappa shape index (κ3) is 5.30. The van der Waals surface area contributed by atoms with Gasteiger partial charge in [0.05, 0.1) is 26.6 Å². The van der Waals surface area contributed by atoms with Crippen molar-refractivity contribution in [2.45, 2.75) is 24.4 Å². The number of amides is 1. The van der Waals surface area contributed by atoms with Crippen molar-refractivity contribution < 1.29 is 9.90 Å². The van der Waals surface area contributed by atoms with Crippen molar-refractivity contribution in [2.75, 3.05) is 5.75 Å². The van der Waals surface area contributed by atoms with Crippen LogP contribution in [0.3, 0.4) is 0 Å². The van der Waals surface area contributed by atoms with E-state index in [0.29, 0.717) is 35.2 Å². The molecule has 36 heavy (non-hydrogen) atoms. The second kappa shape index (κ2) is 11.0. The molecular formula is C24H17ClI2N4O3S2. The highest BCUT2D eigenvalue weighted by molar-refractivity contribution is 14.1. The van der Waals surface area contributed by atoms with Gasteiger partial charge in [-0.3, -0.25) is 14.2 Å². The van der Waals surface area contributed by atoms with E-state index in [1.807, 2.05) is 28.7 Å². The number of thioether (sulfide) groups is 1. The van der Waals surface area contributed by atoms with Gasteiger partial charge in [0.15, 0.2) is 5.16 Å². The van der Waals surface area contributed by atoms with Crippen LogP contribution in [-0.4, -0.2) is 32.5 Å². The largest absolute Gasteiger partial charge is 0.506 e. The molecule has 1 amide bonds. The molecule has 0 fully saturated rings. The molecule has 12 heteroatoms. The molecular weight excluding hydrogens is 746 g/mol. The van der Waals surface area contributed by atoms with E-state index in [0.717, 1.165) is 28.4 Å². The lowest BCUT2D eigenvalue weighted by atomic mass is 10.2. The maximum Gasteiger partial charge on any atom is 0.267 e. The quantitative estimate of drug-likeness (QED) is 0.0859. The number of carbonyl (C=O) groups excluding carboxylic acids is 1. The summed E-state index contributed by atoms with van der Waals surface area (Å²) in [5.74, 6) is -0.249. The van der Waals surface area contributed by atoms with Crippen LogP contribution in [0.1, 0.15) is 22.4 Å². The smallest absolute Gasteiger partial charge is 0.267 e. The van der Waals surface area contributed by atoms with E-state index in [4.69, 9.17) is 16.6 Å². The number of fused-ring (bicyclic) bond motifs is 3. The first-order valence-electron chi connectivity index (χ1n) is 10.8. The molecule has 2 N–H and O–H groups in total. The molecule has 7 nitrogen and oxygen atoms in total. The predicted molar refractivity (Wildman–Crippen MR) is 162 cm³/mol. The van der Waals surface area contributed by atoms with Gasteiger partial charge in [-0.25, -0.2) is 10.4 Å². The van der Waals surface area contributed by atoms with Crippen molar-refractivity contribution in [3.8, 4) is 11.4 Å². The summed E-state index contributed by atoms with van der Waals surface area (Å²) in [6.07, 6.45) is 4.31. The second-order valence-corrected chi connectivity index (χ2v) is 12.8. The number of aromatic hydroxyl groups is 1. The Morgan fingerprint density at radius 2 is 2.06 bits per heavy atom. The van der Waals surface area contributed by atoms with E-state index in [-0.39, 0.29) is 23.0 Å². The molecule has 184 valence electrons. The highest BCUT2D eigenvalue weighted by atomic mass is 127. The summed E-state index contributed by atoms with van der Waals surface area (Å²) in [6, 6.07) is 10.6. The number of hydrogen-bond donors (Lipinski definition) is 2. The number of phenolic OH excluding ortho intramolecular Hbond substituents is 1. The number of thiophene rings is 1. The molecule has 2 aromatic heterocycles. The van der Waals surface area contributed by atoms with Gasteiger partial charge in [0.1, 0.15) is 10.6 Å². The van der Waals surface area contributed by atoms with Crippen LogP contribution in [-0.2, 0) is 17.6 Å². The Labute approximate surface area is 246 Å². The zero-order valence-corrected chi connectivity index (χ0v) is 25.1. The number of halogens is 3. The van der Waals surface area contributed by atoms with E-state index in [1.165, 1.54) is 22.9 Å². The van der Waals surface area contributed by atoms with Crippen molar-refractivity contribution in [2.24, 2.45) is 5.10 Å². The lowest BCUT2D eigenvalue weighted by molar-refractivity contribution is -0.118. The van der Waals surface area contributed by atoms with E-state index < -0.39 is 0 Å². The maximum absolute atomic E-state index is 13.7. The highest BCUT2D eigenvalue weighted by Crippen LogP contribution is 2.36. The zero-order valence-electron chi connectivity index (χ0n) is 18.4. The fourth-order valence-electron chi connectivity index (χ4n) is 3.96. The first-order chi connectivity index (χ1) is 17.3. The number of carbonyl (C=O) groups is 1. The fraction of sp³-hybridized carbons (Fsp3) is 0.167. The van der Waals surface area contributed by atoms with E-state index in [9.17, 15) is 14.7 Å². The zero-order chi connectivity index (χ0) is 25.4. The van der Waals surface area contributed by atoms with Crippen LogP contribution in [0.15, 0.2) is 51.5 Å². The summed E-state index contributed by atoms with van der Waals surface area (Å²) in [5.41, 5.74) is 4.60. The first kappa shape index (κ1) is 25.9. The van der Waals surface area contributed by atoms with Crippen LogP contribution in [0.25, 0.3) is 15.9 Å². The van der Waals surface area contributed by atoms with Gasteiger partial charge in [0.2, 0.25) is 0 Å². The van der Waals surface area contributed by atoms with E-state index in [2.05, 4.69) is 33.1 Å². The van der Waals surface area contributed by atoms with Gasteiger partial charge in [0, 0.05) is 19.0 Å². The van der Waals surface area contributed by atoms with Crippen molar-refractivity contribution in [3.05, 3.63) is 74.9 Å². The maximum atomic E-state index is 13.7. The van der Waals surface area contributed by atoms with Gasteiger partial charge in [0.25, 0.3) is 11.5 Å². The summed E-state index contributed by atoms with van der Waals surface area (Å²) >= 11 is 13.0. The monoisotopic (exact) mass is 762 g/mol. The Kier molecular flexibility index (Phi) is 7.91. The fourth-order valence-corrected chi connectivity index (χ4v) is 8.08. The van der Waals surface area contributed by atoms with Crippen molar-refractivity contribution in [1.82, 2.24) is 15.0 Å². The number of benzene rings is 2. The number of hydrazone groups is 1. The molecule has 0 atom stereocenters. The Morgan fingerprint density at radius 1 is 1.28 bits per heavy atom. The number of nitrogens with one attached hydrogen (secondary N) is 1. The van der Waals surface area contributed by atoms with Gasteiger partial charge in [-0.05, 0) is 106 Å². The summed E-state index contributed by atoms with van der Waals surface area (Å²) in [5, 5.41) is 15.8. The SMILES string of the molecule is O=C(CSc1nc2sc3c(c2c(=O)n1-c1ccc(Cl)cc1)CCC3)NN=Cc1cc(I)cc(I)c1O. The third-order valence-electron chi connectivity index (χ3n) is 5.58. The van der Waals surface area contributed by atoms with Crippen molar-refractivity contribution in [1.29, 1.82) is 0 Å². The molecule has 1 aliphatic rings. The minimum atomic E-state index is -0.359. The van der Waals surface area contributed by atoms with Crippen LogP contribution in [0, 0.1) is 7.14 Å². The number of nitrogens with zero attached hydrogens (tertiary/aromatic N) is 3. The second-order valence-electron chi connectivity index (χ2n) is 7.96. The van der Waals surface area contributed by atoms with Crippen LogP contribution in [0.5, 0.6) is 5.75 Å². The number of aromatic nitrogens is 2. The van der Waals surface area contributed by atoms with Crippen LogP contribution < -0.4 is 11.0 Å². The normalized spacial score (nSPS) is 13.0. The number of rotatable bonds is 6. The third-order valence-corrected chi connectivity index (χ3v) is 9.40. The van der Waals surface area contributed by atoms with E-state index in [1.54, 1.807) is 46.2 Å². The molecule has 4 aromatic rings. The molecule has 0 spiro atoms. The van der Waals surface area contributed by atoms with Crippen molar-refractivity contribution >= 4 is 102 Å². The molecule has 2 aromatic carbocycles. The van der Waals surface area contributed by atoms with Crippen molar-refractivity contribution in [3.63, 3.8) is 0 Å². The highest BCUT2D eigenvalue weighted by Gasteiger charge is 2.24. The van der Waals surface area contributed by atoms with Crippen LogP contribution >= 0.6 is 79.9 Å². The molecule has 0 saturated heterocycles. The molecule has 2 heterocycles. The molecule has 5 rings (SSSR count). The van der Waals surface area contributed by atoms with Gasteiger partial charge in [-0.1, -0.05) is 23.4 Å². The summed E-state index contributed by atoms with van der Waals surface area (Å²) in [4.78, 5) is 32.9. The molecule has 0 aliphatic heterocycles. The lowest BCUT2D eigenvalue weighted by Gasteiger charge is -2.12. The summed E-state index contributed by atoms with van der Waals surface area (Å²) in [7, 11) is 0. The van der Waals surface area contributed by atoms with Gasteiger partial charge >= 0.3 is 0 Å². The standard InChI is InChI=1S/C24H17ClI2N4O3S2/c25-13-4-6-15(7-5-13)31-23(34)20-16-2-1-3-18(16)36-22(20)29-24(31)35-11-19(32)30-28-10-12-8-14(26)9-17(27)21(12)33/h4-10,33H,1-3,11H2,(H,30,32). The summed E-state index contributed by atoms with van der Waals surface area (Å²) < 4.78 is 3.19. The van der Waals surface area contributed by atoms with Gasteiger partial charge in [-0.2, -0.15) is 5.10 Å². The number of hydrogen-bond acceptors (Lipinski definition) is 7.